The highest BCUT2D eigenvalue weighted by Crippen LogP contribution is 2.34. The first kappa shape index (κ1) is 16.7. The Balaban J connectivity index is 1.36. The topological polar surface area (TPSA) is 85.8 Å². The molecule has 1 N–H and O–H groups in total. The maximum atomic E-state index is 12.5. The molecule has 136 valence electrons. The molecule has 0 bridgehead atoms. The molecule has 1 aromatic heterocycles. The van der Waals surface area contributed by atoms with Crippen molar-refractivity contribution in [3.63, 3.8) is 0 Å². The first-order chi connectivity index (χ1) is 12.7. The normalized spacial score (nSPS) is 18.5. The molecule has 0 saturated carbocycles. The number of hydrogen-bond donors (Lipinski definition) is 1. The number of rotatable bonds is 3. The van der Waals surface area contributed by atoms with Gasteiger partial charge in [-0.15, -0.1) is 0 Å². The van der Waals surface area contributed by atoms with Crippen molar-refractivity contribution in [1.29, 1.82) is 0 Å². The number of carbonyl (C=O) groups excluding carboxylic acids is 1. The van der Waals surface area contributed by atoms with E-state index in [-0.39, 0.29) is 24.9 Å². The van der Waals surface area contributed by atoms with Crippen molar-refractivity contribution in [2.24, 2.45) is 0 Å². The van der Waals surface area contributed by atoms with Crippen molar-refractivity contribution in [2.75, 3.05) is 25.2 Å². The molecule has 1 atom stereocenters. The molecule has 0 aliphatic carbocycles. The van der Waals surface area contributed by atoms with E-state index >= 15 is 0 Å². The molecule has 0 spiro atoms. The van der Waals surface area contributed by atoms with Gasteiger partial charge in [0.05, 0.1) is 24.0 Å². The van der Waals surface area contributed by atoms with Crippen LogP contribution < -0.4 is 19.5 Å². The van der Waals surface area contributed by atoms with Crippen LogP contribution in [0, 0.1) is 0 Å². The second-order valence-electron chi connectivity index (χ2n) is 6.01. The molecule has 9 heteroatoms. The number of ether oxygens (including phenoxy) is 3. The minimum Gasteiger partial charge on any atom is -0.458 e. The first-order valence-electron chi connectivity index (χ1n) is 8.27. The third-order valence-electron chi connectivity index (χ3n) is 4.16. The summed E-state index contributed by atoms with van der Waals surface area (Å²) in [6, 6.07) is 5.38. The maximum Gasteiger partial charge on any atom is 0.321 e. The number of urea groups is 1. The molecule has 2 aromatic rings. The minimum atomic E-state index is -0.186. The number of amides is 2. The number of nitrogens with zero attached hydrogens (tertiary/aromatic N) is 3. The lowest BCUT2D eigenvalue weighted by Gasteiger charge is -2.32. The number of anilines is 1. The van der Waals surface area contributed by atoms with Crippen molar-refractivity contribution < 1.29 is 19.0 Å². The zero-order valence-corrected chi connectivity index (χ0v) is 14.6. The zero-order chi connectivity index (χ0) is 17.9. The van der Waals surface area contributed by atoms with E-state index in [1.54, 1.807) is 23.1 Å². The van der Waals surface area contributed by atoms with Gasteiger partial charge >= 0.3 is 12.0 Å². The zero-order valence-electron chi connectivity index (χ0n) is 13.9. The average molecular weight is 377 g/mol. The van der Waals surface area contributed by atoms with Gasteiger partial charge in [-0.25, -0.2) is 14.8 Å². The Morgan fingerprint density at radius 1 is 1.27 bits per heavy atom. The fraction of sp³-hybridized carbons (Fsp3) is 0.353. The van der Waals surface area contributed by atoms with Crippen molar-refractivity contribution in [2.45, 2.75) is 18.9 Å². The predicted molar refractivity (Wildman–Crippen MR) is 93.8 cm³/mol. The monoisotopic (exact) mass is 376 g/mol. The van der Waals surface area contributed by atoms with Crippen LogP contribution in [0.4, 0.5) is 10.5 Å². The third-order valence-corrected chi connectivity index (χ3v) is 4.35. The van der Waals surface area contributed by atoms with Crippen LogP contribution in [0.25, 0.3) is 0 Å². The SMILES string of the molecule is O=C(Nc1ccc2c(c1)OCO2)N1CCCC(Oc2ncc(Cl)cn2)C1. The van der Waals surface area contributed by atoms with Crippen LogP contribution in [-0.4, -0.2) is 46.9 Å². The molecule has 2 aliphatic rings. The fourth-order valence-electron chi connectivity index (χ4n) is 2.91. The summed E-state index contributed by atoms with van der Waals surface area (Å²) in [6.07, 6.45) is 4.48. The van der Waals surface area contributed by atoms with Gasteiger partial charge in [-0.2, -0.15) is 0 Å². The number of benzene rings is 1. The van der Waals surface area contributed by atoms with Gasteiger partial charge < -0.3 is 24.4 Å². The number of piperidine rings is 1. The van der Waals surface area contributed by atoms with Gasteiger partial charge in [-0.3, -0.25) is 0 Å². The number of likely N-dealkylation sites (tertiary alicyclic amines) is 1. The van der Waals surface area contributed by atoms with Crippen molar-refractivity contribution in [1.82, 2.24) is 14.9 Å². The van der Waals surface area contributed by atoms with Crippen LogP contribution in [0.15, 0.2) is 30.6 Å². The number of hydrogen-bond acceptors (Lipinski definition) is 6. The summed E-state index contributed by atoms with van der Waals surface area (Å²) in [5, 5.41) is 3.33. The highest BCUT2D eigenvalue weighted by molar-refractivity contribution is 6.30. The molecule has 2 aliphatic heterocycles. The van der Waals surface area contributed by atoms with Crippen LogP contribution in [0.3, 0.4) is 0 Å². The van der Waals surface area contributed by atoms with Crippen LogP contribution in [0.5, 0.6) is 17.5 Å². The minimum absolute atomic E-state index is 0.160. The van der Waals surface area contributed by atoms with Gasteiger partial charge in [0.25, 0.3) is 0 Å². The number of halogens is 1. The number of nitrogens with one attached hydrogen (secondary N) is 1. The number of aromatic nitrogens is 2. The summed E-state index contributed by atoms with van der Waals surface area (Å²) < 4.78 is 16.4. The lowest BCUT2D eigenvalue weighted by Crippen LogP contribution is -2.46. The number of fused-ring (bicyclic) bond motifs is 1. The van der Waals surface area contributed by atoms with E-state index in [1.807, 2.05) is 0 Å². The molecule has 0 radical (unpaired) electrons. The van der Waals surface area contributed by atoms with Gasteiger partial charge in [0.1, 0.15) is 6.10 Å². The van der Waals surface area contributed by atoms with E-state index in [1.165, 1.54) is 12.4 Å². The first-order valence-corrected chi connectivity index (χ1v) is 8.65. The summed E-state index contributed by atoms with van der Waals surface area (Å²) in [5.41, 5.74) is 0.656. The highest BCUT2D eigenvalue weighted by Gasteiger charge is 2.26. The molecule has 4 rings (SSSR count). The Morgan fingerprint density at radius 2 is 2.08 bits per heavy atom. The van der Waals surface area contributed by atoms with Crippen LogP contribution in [0.1, 0.15) is 12.8 Å². The molecule has 1 saturated heterocycles. The van der Waals surface area contributed by atoms with Gasteiger partial charge in [0.15, 0.2) is 11.5 Å². The lowest BCUT2D eigenvalue weighted by atomic mass is 10.1. The second-order valence-corrected chi connectivity index (χ2v) is 6.45. The van der Waals surface area contributed by atoms with E-state index < -0.39 is 0 Å². The third kappa shape index (κ3) is 3.75. The van der Waals surface area contributed by atoms with Crippen molar-refractivity contribution in [3.8, 4) is 17.5 Å². The predicted octanol–water partition coefficient (Wildman–Crippen LogP) is 2.93. The van der Waals surface area contributed by atoms with E-state index in [2.05, 4.69) is 15.3 Å². The van der Waals surface area contributed by atoms with E-state index in [9.17, 15) is 4.79 Å². The van der Waals surface area contributed by atoms with E-state index in [0.717, 1.165) is 12.8 Å². The Morgan fingerprint density at radius 3 is 2.92 bits per heavy atom. The fourth-order valence-corrected chi connectivity index (χ4v) is 3.00. The smallest absolute Gasteiger partial charge is 0.321 e. The summed E-state index contributed by atoms with van der Waals surface area (Å²) in [7, 11) is 0. The standard InChI is InChI=1S/C17H17ClN4O4/c18-11-7-19-16(20-8-11)26-13-2-1-5-22(9-13)17(23)21-12-3-4-14-15(6-12)25-10-24-14/h3-4,6-8,13H,1-2,5,9-10H2,(H,21,23). The summed E-state index contributed by atoms with van der Waals surface area (Å²) in [4.78, 5) is 22.3. The van der Waals surface area contributed by atoms with Gasteiger partial charge in [0, 0.05) is 18.3 Å². The largest absolute Gasteiger partial charge is 0.458 e. The van der Waals surface area contributed by atoms with Crippen molar-refractivity contribution in [3.05, 3.63) is 35.6 Å². The summed E-state index contributed by atoms with van der Waals surface area (Å²) >= 11 is 5.77. The Labute approximate surface area is 155 Å². The molecular weight excluding hydrogens is 360 g/mol. The molecule has 1 fully saturated rings. The Hall–Kier alpha value is -2.74. The van der Waals surface area contributed by atoms with Gasteiger partial charge in [-0.1, -0.05) is 11.6 Å². The van der Waals surface area contributed by atoms with Crippen LogP contribution in [0.2, 0.25) is 5.02 Å². The number of carbonyl (C=O) groups is 1. The van der Waals surface area contributed by atoms with Crippen LogP contribution >= 0.6 is 11.6 Å². The molecular formula is C17H17ClN4O4. The molecule has 2 amide bonds. The molecule has 1 unspecified atom stereocenters. The van der Waals surface area contributed by atoms with E-state index in [0.29, 0.717) is 35.3 Å². The second kappa shape index (κ2) is 7.25. The molecule has 1 aromatic carbocycles. The van der Waals surface area contributed by atoms with Crippen LogP contribution in [-0.2, 0) is 0 Å². The summed E-state index contributed by atoms with van der Waals surface area (Å²) in [6.45, 7) is 1.32. The molecule has 26 heavy (non-hydrogen) atoms. The lowest BCUT2D eigenvalue weighted by molar-refractivity contribution is 0.0983. The quantitative estimate of drug-likeness (QED) is 0.886. The Kier molecular flexibility index (Phi) is 4.66. The Bertz CT molecular complexity index is 802. The summed E-state index contributed by atoms with van der Waals surface area (Å²) in [5.74, 6) is 1.31. The van der Waals surface area contributed by atoms with Crippen molar-refractivity contribution >= 4 is 23.3 Å². The maximum absolute atomic E-state index is 12.5. The van der Waals surface area contributed by atoms with E-state index in [4.69, 9.17) is 25.8 Å². The average Bonchev–Trinajstić information content (AvgIpc) is 3.12. The van der Waals surface area contributed by atoms with Gasteiger partial charge in [0.2, 0.25) is 6.79 Å². The highest BCUT2D eigenvalue weighted by atomic mass is 35.5. The molecule has 8 nitrogen and oxygen atoms in total. The van der Waals surface area contributed by atoms with Gasteiger partial charge in [-0.05, 0) is 25.0 Å². The molecule has 3 heterocycles.